The second kappa shape index (κ2) is 7.06. The van der Waals surface area contributed by atoms with Gasteiger partial charge in [0.1, 0.15) is 12.6 Å². The van der Waals surface area contributed by atoms with Gasteiger partial charge < -0.3 is 10.6 Å². The summed E-state index contributed by atoms with van der Waals surface area (Å²) in [6.07, 6.45) is 1.22. The first-order valence-corrected chi connectivity index (χ1v) is 7.46. The van der Waals surface area contributed by atoms with E-state index in [1.807, 2.05) is 44.2 Å². The maximum Gasteiger partial charge on any atom is 0.325 e. The van der Waals surface area contributed by atoms with E-state index < -0.39 is 12.1 Å². The van der Waals surface area contributed by atoms with Gasteiger partial charge in [-0.2, -0.15) is 0 Å². The molecule has 1 saturated heterocycles. The van der Waals surface area contributed by atoms with Crippen molar-refractivity contribution >= 4 is 17.8 Å². The fourth-order valence-corrected chi connectivity index (χ4v) is 2.28. The number of benzene rings is 1. The van der Waals surface area contributed by atoms with Crippen LogP contribution in [0.2, 0.25) is 0 Å². The van der Waals surface area contributed by atoms with E-state index in [2.05, 4.69) is 10.6 Å². The molecule has 0 saturated carbocycles. The third kappa shape index (κ3) is 3.84. The van der Waals surface area contributed by atoms with Crippen LogP contribution < -0.4 is 10.6 Å². The highest BCUT2D eigenvalue weighted by atomic mass is 16.2. The Balaban J connectivity index is 1.95. The Morgan fingerprint density at radius 2 is 2.00 bits per heavy atom. The highest BCUT2D eigenvalue weighted by Crippen LogP contribution is 2.12. The largest absolute Gasteiger partial charge is 0.352 e. The predicted molar refractivity (Wildman–Crippen MR) is 82.1 cm³/mol. The molecule has 6 nitrogen and oxygen atoms in total. The summed E-state index contributed by atoms with van der Waals surface area (Å²) >= 11 is 0. The van der Waals surface area contributed by atoms with Crippen molar-refractivity contribution in [1.29, 1.82) is 0 Å². The van der Waals surface area contributed by atoms with E-state index in [0.29, 0.717) is 6.42 Å². The lowest BCUT2D eigenvalue weighted by molar-refractivity contribution is -0.132. The number of carbonyl (C=O) groups is 3. The van der Waals surface area contributed by atoms with Crippen molar-refractivity contribution in [3.8, 4) is 0 Å². The molecule has 118 valence electrons. The van der Waals surface area contributed by atoms with E-state index in [-0.39, 0.29) is 24.4 Å². The summed E-state index contributed by atoms with van der Waals surface area (Å²) in [7, 11) is 0. The van der Waals surface area contributed by atoms with Crippen LogP contribution in [0.5, 0.6) is 0 Å². The van der Waals surface area contributed by atoms with Crippen molar-refractivity contribution in [2.24, 2.45) is 0 Å². The number of rotatable bonds is 6. The highest BCUT2D eigenvalue weighted by molar-refractivity contribution is 6.06. The molecule has 1 fully saturated rings. The molecule has 0 unspecified atom stereocenters. The van der Waals surface area contributed by atoms with Gasteiger partial charge in [0.05, 0.1) is 0 Å². The Hall–Kier alpha value is -2.37. The van der Waals surface area contributed by atoms with Crippen LogP contribution in [0.15, 0.2) is 30.3 Å². The number of imide groups is 1. The van der Waals surface area contributed by atoms with Gasteiger partial charge in [-0.05, 0) is 18.9 Å². The van der Waals surface area contributed by atoms with Crippen LogP contribution in [0.3, 0.4) is 0 Å². The average Bonchev–Trinajstić information content (AvgIpc) is 2.75. The van der Waals surface area contributed by atoms with Gasteiger partial charge in [-0.25, -0.2) is 4.79 Å². The number of amides is 4. The fourth-order valence-electron chi connectivity index (χ4n) is 2.28. The first-order chi connectivity index (χ1) is 10.5. The van der Waals surface area contributed by atoms with Gasteiger partial charge >= 0.3 is 6.03 Å². The number of urea groups is 1. The third-order valence-electron chi connectivity index (χ3n) is 3.71. The van der Waals surface area contributed by atoms with Gasteiger partial charge in [0.2, 0.25) is 5.91 Å². The average molecular weight is 303 g/mol. The maximum atomic E-state index is 12.3. The number of hydrogen-bond donors (Lipinski definition) is 2. The van der Waals surface area contributed by atoms with E-state index in [0.717, 1.165) is 16.9 Å². The Labute approximate surface area is 129 Å². The lowest BCUT2D eigenvalue weighted by atomic mass is 10.1. The number of nitrogens with one attached hydrogen (secondary N) is 2. The minimum Gasteiger partial charge on any atom is -0.352 e. The summed E-state index contributed by atoms with van der Waals surface area (Å²) in [6.45, 7) is 3.59. The summed E-state index contributed by atoms with van der Waals surface area (Å²) in [6, 6.07) is 8.37. The highest BCUT2D eigenvalue weighted by Gasteiger charge is 2.38. The molecular weight excluding hydrogens is 282 g/mol. The first-order valence-electron chi connectivity index (χ1n) is 7.46. The van der Waals surface area contributed by atoms with Crippen molar-refractivity contribution in [3.63, 3.8) is 0 Å². The Morgan fingerprint density at radius 1 is 1.32 bits per heavy atom. The second-order valence-electron chi connectivity index (χ2n) is 5.49. The quantitative estimate of drug-likeness (QED) is 0.771. The lowest BCUT2D eigenvalue weighted by Crippen LogP contribution is -2.43. The molecule has 2 atom stereocenters. The molecule has 1 aliphatic rings. The first kappa shape index (κ1) is 16.0. The zero-order chi connectivity index (χ0) is 16.1. The van der Waals surface area contributed by atoms with Crippen LogP contribution in [-0.4, -0.2) is 41.4 Å². The summed E-state index contributed by atoms with van der Waals surface area (Å²) in [5.41, 5.74) is 0.965. The third-order valence-corrected chi connectivity index (χ3v) is 3.71. The molecule has 6 heteroatoms. The lowest BCUT2D eigenvalue weighted by Gasteiger charge is -2.15. The topological polar surface area (TPSA) is 78.5 Å². The zero-order valence-electron chi connectivity index (χ0n) is 12.8. The number of carbonyl (C=O) groups excluding carboxylic acids is 3. The molecule has 1 aliphatic heterocycles. The number of hydrogen-bond acceptors (Lipinski definition) is 3. The van der Waals surface area contributed by atoms with Gasteiger partial charge in [-0.1, -0.05) is 37.3 Å². The second-order valence-corrected chi connectivity index (χ2v) is 5.49. The van der Waals surface area contributed by atoms with Crippen LogP contribution in [0.1, 0.15) is 25.8 Å². The molecule has 1 heterocycles. The molecule has 1 aromatic rings. The van der Waals surface area contributed by atoms with Crippen molar-refractivity contribution in [2.45, 2.75) is 38.8 Å². The molecule has 0 spiro atoms. The van der Waals surface area contributed by atoms with Crippen LogP contribution in [-0.2, 0) is 16.0 Å². The van der Waals surface area contributed by atoms with Crippen molar-refractivity contribution in [3.05, 3.63) is 35.9 Å². The van der Waals surface area contributed by atoms with Crippen molar-refractivity contribution in [1.82, 2.24) is 15.5 Å². The zero-order valence-corrected chi connectivity index (χ0v) is 12.8. The summed E-state index contributed by atoms with van der Waals surface area (Å²) in [5.74, 6) is -0.675. The van der Waals surface area contributed by atoms with Crippen molar-refractivity contribution in [2.75, 3.05) is 6.54 Å². The van der Waals surface area contributed by atoms with Gasteiger partial charge in [0.25, 0.3) is 5.91 Å². The van der Waals surface area contributed by atoms with Crippen LogP contribution in [0.4, 0.5) is 4.79 Å². The molecule has 4 amide bonds. The number of nitrogens with zero attached hydrogens (tertiary/aromatic N) is 1. The molecular formula is C16H21N3O3. The minimum atomic E-state index is -0.605. The van der Waals surface area contributed by atoms with E-state index in [9.17, 15) is 14.4 Å². The van der Waals surface area contributed by atoms with E-state index in [1.54, 1.807) is 0 Å². The maximum absolute atomic E-state index is 12.3. The minimum absolute atomic E-state index is 0.0217. The summed E-state index contributed by atoms with van der Waals surface area (Å²) < 4.78 is 0. The van der Waals surface area contributed by atoms with Gasteiger partial charge in [-0.15, -0.1) is 0 Å². The standard InChI is InChI=1S/C16H21N3O3/c1-3-11(2)17-14(20)10-19-15(21)13(18-16(19)22)9-12-7-5-4-6-8-12/h4-8,11,13H,3,9-10H2,1-2H3,(H,17,20)(H,18,22)/t11-,13-/m1/s1. The normalized spacial score (nSPS) is 19.0. The van der Waals surface area contributed by atoms with E-state index in [4.69, 9.17) is 0 Å². The predicted octanol–water partition coefficient (Wildman–Crippen LogP) is 1.06. The van der Waals surface area contributed by atoms with Crippen LogP contribution in [0.25, 0.3) is 0 Å². The molecule has 0 radical (unpaired) electrons. The van der Waals surface area contributed by atoms with E-state index >= 15 is 0 Å². The molecule has 0 bridgehead atoms. The Bertz CT molecular complexity index is 559. The van der Waals surface area contributed by atoms with Crippen LogP contribution >= 0.6 is 0 Å². The summed E-state index contributed by atoms with van der Waals surface area (Å²) in [5, 5.41) is 5.38. The molecule has 2 rings (SSSR count). The molecule has 0 aliphatic carbocycles. The van der Waals surface area contributed by atoms with Gasteiger partial charge in [0.15, 0.2) is 0 Å². The molecule has 2 N–H and O–H groups in total. The molecule has 22 heavy (non-hydrogen) atoms. The summed E-state index contributed by atoms with van der Waals surface area (Å²) in [4.78, 5) is 37.0. The smallest absolute Gasteiger partial charge is 0.325 e. The monoisotopic (exact) mass is 303 g/mol. The Morgan fingerprint density at radius 3 is 2.64 bits per heavy atom. The SMILES string of the molecule is CC[C@@H](C)NC(=O)CN1C(=O)N[C@H](Cc2ccccc2)C1=O. The van der Waals surface area contributed by atoms with Crippen molar-refractivity contribution < 1.29 is 14.4 Å². The van der Waals surface area contributed by atoms with Gasteiger partial charge in [0, 0.05) is 12.5 Å². The Kier molecular flexibility index (Phi) is 5.14. The van der Waals surface area contributed by atoms with E-state index in [1.165, 1.54) is 0 Å². The molecule has 1 aromatic carbocycles. The fraction of sp³-hybridized carbons (Fsp3) is 0.438. The van der Waals surface area contributed by atoms with Gasteiger partial charge in [-0.3, -0.25) is 14.5 Å². The van der Waals surface area contributed by atoms with Crippen LogP contribution in [0, 0.1) is 0 Å². The molecule has 0 aromatic heterocycles.